The minimum Gasteiger partial charge on any atom is -0.354 e. The van der Waals surface area contributed by atoms with Gasteiger partial charge in [-0.3, -0.25) is 0 Å². The number of nitrogens with one attached hydrogen (secondary N) is 1. The topological polar surface area (TPSA) is 41.0 Å². The zero-order valence-electron chi connectivity index (χ0n) is 14.1. The molecule has 0 aliphatic carbocycles. The molecule has 2 heterocycles. The van der Waals surface area contributed by atoms with Crippen LogP contribution in [0.1, 0.15) is 43.7 Å². The standard InChI is InChI=1S/C19H26N4/c1-15(2)17-9-7-16(8-10-17)13-20-18-5-4-12-23(14-18)19-6-3-11-21-22-19/h3,6-11,15,18,20H,4-5,12-14H2,1-2H3. The summed E-state index contributed by atoms with van der Waals surface area (Å²) in [5, 5.41) is 11.9. The molecule has 1 aliphatic rings. The second-order valence-corrected chi connectivity index (χ2v) is 6.64. The van der Waals surface area contributed by atoms with Crippen LogP contribution in [0.25, 0.3) is 0 Å². The number of hydrogen-bond donors (Lipinski definition) is 1. The lowest BCUT2D eigenvalue weighted by molar-refractivity contribution is 0.419. The Labute approximate surface area is 138 Å². The summed E-state index contributed by atoms with van der Waals surface area (Å²) in [7, 11) is 0. The van der Waals surface area contributed by atoms with E-state index >= 15 is 0 Å². The Kier molecular flexibility index (Phi) is 5.23. The van der Waals surface area contributed by atoms with E-state index in [1.807, 2.05) is 12.1 Å². The number of benzene rings is 1. The van der Waals surface area contributed by atoms with Crippen LogP contribution >= 0.6 is 0 Å². The first kappa shape index (κ1) is 15.9. The van der Waals surface area contributed by atoms with E-state index in [0.717, 1.165) is 25.5 Å². The summed E-state index contributed by atoms with van der Waals surface area (Å²) in [4.78, 5) is 2.33. The number of piperidine rings is 1. The van der Waals surface area contributed by atoms with Crippen LogP contribution in [-0.4, -0.2) is 29.3 Å². The highest BCUT2D eigenvalue weighted by molar-refractivity contribution is 5.37. The Balaban J connectivity index is 1.54. The summed E-state index contributed by atoms with van der Waals surface area (Å²) in [5.74, 6) is 1.58. The number of nitrogens with zero attached hydrogens (tertiary/aromatic N) is 3. The third-order valence-electron chi connectivity index (χ3n) is 4.54. The summed E-state index contributed by atoms with van der Waals surface area (Å²) < 4.78 is 0. The van der Waals surface area contributed by atoms with Gasteiger partial charge in [0.2, 0.25) is 0 Å². The van der Waals surface area contributed by atoms with Crippen molar-refractivity contribution in [3.8, 4) is 0 Å². The third kappa shape index (κ3) is 4.29. The van der Waals surface area contributed by atoms with Crippen molar-refractivity contribution in [3.63, 3.8) is 0 Å². The van der Waals surface area contributed by atoms with Crippen LogP contribution in [0.15, 0.2) is 42.6 Å². The zero-order chi connectivity index (χ0) is 16.1. The Morgan fingerprint density at radius 3 is 2.74 bits per heavy atom. The van der Waals surface area contributed by atoms with Gasteiger partial charge in [-0.15, -0.1) is 5.10 Å². The van der Waals surface area contributed by atoms with Crippen molar-refractivity contribution < 1.29 is 0 Å². The second kappa shape index (κ2) is 7.55. The average Bonchev–Trinajstić information content (AvgIpc) is 2.61. The first-order chi connectivity index (χ1) is 11.2. The fourth-order valence-electron chi connectivity index (χ4n) is 3.10. The van der Waals surface area contributed by atoms with Crippen molar-refractivity contribution in [2.24, 2.45) is 0 Å². The molecule has 122 valence electrons. The quantitative estimate of drug-likeness (QED) is 0.919. The highest BCUT2D eigenvalue weighted by atomic mass is 15.3. The second-order valence-electron chi connectivity index (χ2n) is 6.64. The molecule has 1 aliphatic heterocycles. The van der Waals surface area contributed by atoms with Gasteiger partial charge < -0.3 is 10.2 Å². The summed E-state index contributed by atoms with van der Waals surface area (Å²) >= 11 is 0. The van der Waals surface area contributed by atoms with Crippen LogP contribution in [0.3, 0.4) is 0 Å². The van der Waals surface area contributed by atoms with Gasteiger partial charge >= 0.3 is 0 Å². The van der Waals surface area contributed by atoms with E-state index in [4.69, 9.17) is 0 Å². The lowest BCUT2D eigenvalue weighted by atomic mass is 10.0. The number of rotatable bonds is 5. The van der Waals surface area contributed by atoms with Gasteiger partial charge in [-0.25, -0.2) is 0 Å². The maximum atomic E-state index is 4.23. The Hall–Kier alpha value is -1.94. The van der Waals surface area contributed by atoms with E-state index < -0.39 is 0 Å². The number of anilines is 1. The molecule has 0 bridgehead atoms. The van der Waals surface area contributed by atoms with Gasteiger partial charge in [0, 0.05) is 31.9 Å². The van der Waals surface area contributed by atoms with Gasteiger partial charge in [0.05, 0.1) is 0 Å². The smallest absolute Gasteiger partial charge is 0.151 e. The molecule has 2 aromatic rings. The molecule has 1 unspecified atom stereocenters. The SMILES string of the molecule is CC(C)c1ccc(CNC2CCCN(c3cccnn3)C2)cc1. The van der Waals surface area contributed by atoms with Crippen molar-refractivity contribution in [3.05, 3.63) is 53.7 Å². The molecular formula is C19H26N4. The monoisotopic (exact) mass is 310 g/mol. The normalized spacial score (nSPS) is 18.4. The van der Waals surface area contributed by atoms with E-state index in [1.54, 1.807) is 6.20 Å². The molecule has 4 heteroatoms. The van der Waals surface area contributed by atoms with Crippen molar-refractivity contribution in [2.45, 2.75) is 45.2 Å². The fourth-order valence-corrected chi connectivity index (χ4v) is 3.10. The minimum atomic E-state index is 0.510. The van der Waals surface area contributed by atoms with Gasteiger partial charge in [-0.2, -0.15) is 5.10 Å². The van der Waals surface area contributed by atoms with Gasteiger partial charge in [0.15, 0.2) is 5.82 Å². The Bertz CT molecular complexity index is 595. The van der Waals surface area contributed by atoms with E-state index in [2.05, 4.69) is 58.5 Å². The lowest BCUT2D eigenvalue weighted by Gasteiger charge is -2.33. The predicted octanol–water partition coefficient (Wildman–Crippen LogP) is 3.36. The van der Waals surface area contributed by atoms with Crippen LogP contribution in [0.2, 0.25) is 0 Å². The van der Waals surface area contributed by atoms with Gasteiger partial charge in [0.1, 0.15) is 0 Å². The van der Waals surface area contributed by atoms with Crippen molar-refractivity contribution in [1.29, 1.82) is 0 Å². The maximum absolute atomic E-state index is 4.23. The van der Waals surface area contributed by atoms with Crippen LogP contribution in [0.5, 0.6) is 0 Å². The summed E-state index contributed by atoms with van der Waals surface area (Å²) in [6.45, 7) is 7.47. The van der Waals surface area contributed by atoms with Crippen LogP contribution in [0, 0.1) is 0 Å². The van der Waals surface area contributed by atoms with Gasteiger partial charge in [0.25, 0.3) is 0 Å². The average molecular weight is 310 g/mol. The van der Waals surface area contributed by atoms with E-state index in [1.165, 1.54) is 24.0 Å². The molecular weight excluding hydrogens is 284 g/mol. The van der Waals surface area contributed by atoms with E-state index in [9.17, 15) is 0 Å². The molecule has 0 radical (unpaired) electrons. The molecule has 0 saturated carbocycles. The first-order valence-electron chi connectivity index (χ1n) is 8.57. The van der Waals surface area contributed by atoms with Crippen LogP contribution in [0.4, 0.5) is 5.82 Å². The largest absolute Gasteiger partial charge is 0.354 e. The first-order valence-corrected chi connectivity index (χ1v) is 8.57. The molecule has 1 aromatic heterocycles. The summed E-state index contributed by atoms with van der Waals surface area (Å²) in [5.41, 5.74) is 2.76. The highest BCUT2D eigenvalue weighted by Crippen LogP contribution is 2.18. The molecule has 4 nitrogen and oxygen atoms in total. The summed E-state index contributed by atoms with van der Waals surface area (Å²) in [6.07, 6.45) is 4.14. The van der Waals surface area contributed by atoms with E-state index in [0.29, 0.717) is 12.0 Å². The highest BCUT2D eigenvalue weighted by Gasteiger charge is 2.20. The zero-order valence-corrected chi connectivity index (χ0v) is 14.1. The maximum Gasteiger partial charge on any atom is 0.151 e. The minimum absolute atomic E-state index is 0.510. The van der Waals surface area contributed by atoms with E-state index in [-0.39, 0.29) is 0 Å². The Morgan fingerprint density at radius 1 is 1.22 bits per heavy atom. The van der Waals surface area contributed by atoms with Crippen LogP contribution < -0.4 is 10.2 Å². The molecule has 23 heavy (non-hydrogen) atoms. The third-order valence-corrected chi connectivity index (χ3v) is 4.54. The van der Waals surface area contributed by atoms with Crippen molar-refractivity contribution in [2.75, 3.05) is 18.0 Å². The van der Waals surface area contributed by atoms with Gasteiger partial charge in [-0.1, -0.05) is 38.1 Å². The molecule has 0 spiro atoms. The molecule has 0 amide bonds. The molecule has 1 aromatic carbocycles. The number of aromatic nitrogens is 2. The van der Waals surface area contributed by atoms with Gasteiger partial charge in [-0.05, 0) is 42.0 Å². The predicted molar refractivity (Wildman–Crippen MR) is 94.6 cm³/mol. The fraction of sp³-hybridized carbons (Fsp3) is 0.474. The molecule has 1 saturated heterocycles. The molecule has 1 fully saturated rings. The van der Waals surface area contributed by atoms with Crippen molar-refractivity contribution >= 4 is 5.82 Å². The Morgan fingerprint density at radius 2 is 2.04 bits per heavy atom. The van der Waals surface area contributed by atoms with Crippen molar-refractivity contribution in [1.82, 2.24) is 15.5 Å². The molecule has 1 atom stereocenters. The summed E-state index contributed by atoms with van der Waals surface area (Å²) in [6, 6.07) is 13.5. The lowest BCUT2D eigenvalue weighted by Crippen LogP contribution is -2.45. The molecule has 1 N–H and O–H groups in total. The van der Waals surface area contributed by atoms with Crippen LogP contribution in [-0.2, 0) is 6.54 Å². The molecule has 3 rings (SSSR count). The number of hydrogen-bond acceptors (Lipinski definition) is 4.